The molecule has 18 heavy (non-hydrogen) atoms. The first-order chi connectivity index (χ1) is 8.16. The molecule has 1 aromatic rings. The molecule has 2 N–H and O–H groups in total. The fourth-order valence-corrected chi connectivity index (χ4v) is 2.67. The van der Waals surface area contributed by atoms with E-state index in [0.717, 1.165) is 12.5 Å². The standard InChI is InChI=1S/C15H24N2.ClH/c1-12-5-3-4-6-15(12)11-17-9-7-14(8-10-17)13(2)16;/h3-6,13-14H,7-11,16H2,1-2H3;1H. The molecule has 0 spiro atoms. The second-order valence-corrected chi connectivity index (χ2v) is 5.40. The van der Waals surface area contributed by atoms with Crippen LogP contribution in [0.15, 0.2) is 24.3 Å². The summed E-state index contributed by atoms with van der Waals surface area (Å²) >= 11 is 0. The Morgan fingerprint density at radius 2 is 1.89 bits per heavy atom. The van der Waals surface area contributed by atoms with E-state index in [0.29, 0.717) is 6.04 Å². The fraction of sp³-hybridized carbons (Fsp3) is 0.600. The molecule has 2 nitrogen and oxygen atoms in total. The monoisotopic (exact) mass is 268 g/mol. The van der Waals surface area contributed by atoms with E-state index in [4.69, 9.17) is 5.73 Å². The Balaban J connectivity index is 0.00000162. The Labute approximate surface area is 117 Å². The maximum Gasteiger partial charge on any atom is 0.0236 e. The van der Waals surface area contributed by atoms with Crippen LogP contribution in [-0.2, 0) is 6.54 Å². The van der Waals surface area contributed by atoms with Crippen molar-refractivity contribution in [2.75, 3.05) is 13.1 Å². The Kier molecular flexibility index (Phi) is 6.13. The van der Waals surface area contributed by atoms with E-state index in [2.05, 4.69) is 43.0 Å². The highest BCUT2D eigenvalue weighted by Crippen LogP contribution is 2.21. The summed E-state index contributed by atoms with van der Waals surface area (Å²) in [6.45, 7) is 7.82. The fourth-order valence-electron chi connectivity index (χ4n) is 2.67. The molecule has 0 amide bonds. The number of rotatable bonds is 3. The van der Waals surface area contributed by atoms with Crippen molar-refractivity contribution in [2.45, 2.75) is 39.3 Å². The van der Waals surface area contributed by atoms with Gasteiger partial charge in [-0.3, -0.25) is 4.90 Å². The molecule has 1 aromatic carbocycles. The third-order valence-electron chi connectivity index (χ3n) is 4.03. The van der Waals surface area contributed by atoms with Gasteiger partial charge in [-0.1, -0.05) is 24.3 Å². The molecule has 0 aromatic heterocycles. The molecule has 3 heteroatoms. The lowest BCUT2D eigenvalue weighted by Gasteiger charge is -2.33. The normalized spacial score (nSPS) is 19.3. The first kappa shape index (κ1) is 15.5. The van der Waals surface area contributed by atoms with Crippen molar-refractivity contribution in [3.63, 3.8) is 0 Å². The molecule has 102 valence electrons. The number of piperidine rings is 1. The van der Waals surface area contributed by atoms with Gasteiger partial charge in [0, 0.05) is 12.6 Å². The molecule has 1 fully saturated rings. The van der Waals surface area contributed by atoms with E-state index in [1.165, 1.54) is 37.1 Å². The summed E-state index contributed by atoms with van der Waals surface area (Å²) in [5, 5.41) is 0. The zero-order chi connectivity index (χ0) is 12.3. The average molecular weight is 269 g/mol. The smallest absolute Gasteiger partial charge is 0.0236 e. The van der Waals surface area contributed by atoms with Gasteiger partial charge in [-0.2, -0.15) is 0 Å². The predicted octanol–water partition coefficient (Wildman–Crippen LogP) is 2.98. The van der Waals surface area contributed by atoms with Gasteiger partial charge in [0.1, 0.15) is 0 Å². The van der Waals surface area contributed by atoms with Gasteiger partial charge < -0.3 is 5.73 Å². The average Bonchev–Trinajstić information content (AvgIpc) is 2.33. The van der Waals surface area contributed by atoms with Crippen LogP contribution in [0.25, 0.3) is 0 Å². The SMILES string of the molecule is Cc1ccccc1CN1CCC(C(C)N)CC1.Cl. The maximum absolute atomic E-state index is 5.97. The molecule has 1 saturated heterocycles. The minimum Gasteiger partial charge on any atom is -0.328 e. The van der Waals surface area contributed by atoms with Crippen LogP contribution in [0.1, 0.15) is 30.9 Å². The van der Waals surface area contributed by atoms with Crippen molar-refractivity contribution < 1.29 is 0 Å². The molecule has 1 aliphatic heterocycles. The van der Waals surface area contributed by atoms with Crippen LogP contribution in [0, 0.1) is 12.8 Å². The minimum absolute atomic E-state index is 0. The van der Waals surface area contributed by atoms with Crippen LogP contribution < -0.4 is 5.73 Å². The van der Waals surface area contributed by atoms with Crippen LogP contribution in [0.2, 0.25) is 0 Å². The van der Waals surface area contributed by atoms with Gasteiger partial charge in [-0.05, 0) is 56.8 Å². The highest BCUT2D eigenvalue weighted by molar-refractivity contribution is 5.85. The first-order valence-electron chi connectivity index (χ1n) is 6.69. The van der Waals surface area contributed by atoms with Crippen LogP contribution >= 0.6 is 12.4 Å². The van der Waals surface area contributed by atoms with E-state index in [-0.39, 0.29) is 12.4 Å². The number of nitrogens with zero attached hydrogens (tertiary/aromatic N) is 1. The van der Waals surface area contributed by atoms with Crippen LogP contribution in [0.4, 0.5) is 0 Å². The predicted molar refractivity (Wildman–Crippen MR) is 80.1 cm³/mol. The van der Waals surface area contributed by atoms with Gasteiger partial charge in [0.25, 0.3) is 0 Å². The lowest BCUT2D eigenvalue weighted by Crippen LogP contribution is -2.39. The quantitative estimate of drug-likeness (QED) is 0.913. The molecule has 1 unspecified atom stereocenters. The zero-order valence-corrected chi connectivity index (χ0v) is 12.2. The Bertz CT molecular complexity index is 357. The second kappa shape index (κ2) is 7.13. The number of hydrogen-bond acceptors (Lipinski definition) is 2. The molecule has 1 atom stereocenters. The minimum atomic E-state index is 0. The topological polar surface area (TPSA) is 29.3 Å². The molecule has 0 saturated carbocycles. The molecular formula is C15H25ClN2. The van der Waals surface area contributed by atoms with Crippen LogP contribution in [0.3, 0.4) is 0 Å². The van der Waals surface area contributed by atoms with Gasteiger partial charge >= 0.3 is 0 Å². The largest absolute Gasteiger partial charge is 0.328 e. The Morgan fingerprint density at radius 1 is 1.28 bits per heavy atom. The van der Waals surface area contributed by atoms with Gasteiger partial charge in [0.05, 0.1) is 0 Å². The summed E-state index contributed by atoms with van der Waals surface area (Å²) in [6.07, 6.45) is 2.51. The third-order valence-corrected chi connectivity index (χ3v) is 4.03. The van der Waals surface area contributed by atoms with E-state index < -0.39 is 0 Å². The summed E-state index contributed by atoms with van der Waals surface area (Å²) in [7, 11) is 0. The number of benzene rings is 1. The molecular weight excluding hydrogens is 244 g/mol. The first-order valence-corrected chi connectivity index (χ1v) is 6.69. The molecule has 2 rings (SSSR count). The van der Waals surface area contributed by atoms with Crippen molar-refractivity contribution in [1.82, 2.24) is 4.90 Å². The van der Waals surface area contributed by atoms with Crippen LogP contribution in [-0.4, -0.2) is 24.0 Å². The summed E-state index contributed by atoms with van der Waals surface area (Å²) < 4.78 is 0. The Morgan fingerprint density at radius 3 is 2.44 bits per heavy atom. The molecule has 0 radical (unpaired) electrons. The van der Waals surface area contributed by atoms with Crippen molar-refractivity contribution in [3.05, 3.63) is 35.4 Å². The van der Waals surface area contributed by atoms with E-state index in [1.807, 2.05) is 0 Å². The second-order valence-electron chi connectivity index (χ2n) is 5.40. The molecule has 1 aliphatic rings. The number of nitrogens with two attached hydrogens (primary N) is 1. The number of hydrogen-bond donors (Lipinski definition) is 1. The lowest BCUT2D eigenvalue weighted by atomic mass is 9.90. The number of aryl methyl sites for hydroxylation is 1. The summed E-state index contributed by atoms with van der Waals surface area (Å²) in [4.78, 5) is 2.56. The molecule has 0 aliphatic carbocycles. The van der Waals surface area contributed by atoms with Gasteiger partial charge in [-0.15, -0.1) is 12.4 Å². The van der Waals surface area contributed by atoms with Crippen molar-refractivity contribution in [3.8, 4) is 0 Å². The van der Waals surface area contributed by atoms with Gasteiger partial charge in [0.2, 0.25) is 0 Å². The van der Waals surface area contributed by atoms with Gasteiger partial charge in [0.15, 0.2) is 0 Å². The van der Waals surface area contributed by atoms with Crippen molar-refractivity contribution >= 4 is 12.4 Å². The highest BCUT2D eigenvalue weighted by atomic mass is 35.5. The summed E-state index contributed by atoms with van der Waals surface area (Å²) in [5.41, 5.74) is 8.84. The number of halogens is 1. The number of likely N-dealkylation sites (tertiary alicyclic amines) is 1. The maximum atomic E-state index is 5.97. The van der Waals surface area contributed by atoms with Crippen LogP contribution in [0.5, 0.6) is 0 Å². The van der Waals surface area contributed by atoms with Gasteiger partial charge in [-0.25, -0.2) is 0 Å². The lowest BCUT2D eigenvalue weighted by molar-refractivity contribution is 0.165. The Hall–Kier alpha value is -0.570. The summed E-state index contributed by atoms with van der Waals surface area (Å²) in [6, 6.07) is 9.05. The highest BCUT2D eigenvalue weighted by Gasteiger charge is 2.21. The van der Waals surface area contributed by atoms with Crippen molar-refractivity contribution in [2.24, 2.45) is 11.7 Å². The van der Waals surface area contributed by atoms with E-state index in [1.54, 1.807) is 0 Å². The van der Waals surface area contributed by atoms with E-state index in [9.17, 15) is 0 Å². The van der Waals surface area contributed by atoms with Crippen molar-refractivity contribution in [1.29, 1.82) is 0 Å². The molecule has 1 heterocycles. The zero-order valence-electron chi connectivity index (χ0n) is 11.4. The molecule has 0 bridgehead atoms. The third kappa shape index (κ3) is 3.98. The van der Waals surface area contributed by atoms with E-state index >= 15 is 0 Å². The summed E-state index contributed by atoms with van der Waals surface area (Å²) in [5.74, 6) is 0.725.